The van der Waals surface area contributed by atoms with Crippen LogP contribution in [0.15, 0.2) is 76.2 Å². The number of fused-ring (bicyclic) bond motifs is 2. The van der Waals surface area contributed by atoms with Gasteiger partial charge in [0, 0.05) is 11.6 Å². The van der Waals surface area contributed by atoms with Crippen molar-refractivity contribution in [2.45, 2.75) is 26.8 Å². The quantitative estimate of drug-likeness (QED) is 0.284. The first kappa shape index (κ1) is 27.2. The molecule has 9 heteroatoms. The molecule has 1 aliphatic heterocycles. The number of carbonyl (C=O) groups excluding carboxylic acids is 1. The Labute approximate surface area is 235 Å². The topological polar surface area (TPSA) is 88.4 Å². The fourth-order valence-electron chi connectivity index (χ4n) is 4.83. The monoisotopic (exact) mass is 558 g/mol. The van der Waals surface area contributed by atoms with Gasteiger partial charge in [-0.05, 0) is 61.6 Å². The van der Waals surface area contributed by atoms with Gasteiger partial charge in [0.1, 0.15) is 5.75 Å². The molecule has 1 aliphatic rings. The molecule has 0 saturated heterocycles. The van der Waals surface area contributed by atoms with E-state index in [0.717, 1.165) is 22.1 Å². The van der Waals surface area contributed by atoms with Gasteiger partial charge in [-0.2, -0.15) is 0 Å². The molecule has 3 aromatic carbocycles. The van der Waals surface area contributed by atoms with Crippen molar-refractivity contribution in [2.75, 3.05) is 26.9 Å². The van der Waals surface area contributed by atoms with Gasteiger partial charge in [0.2, 0.25) is 0 Å². The van der Waals surface area contributed by atoms with E-state index in [0.29, 0.717) is 46.2 Å². The molecular formula is C31H30N2O6S. The van der Waals surface area contributed by atoms with E-state index in [1.165, 1.54) is 24.6 Å². The minimum Gasteiger partial charge on any atom is -0.493 e. The summed E-state index contributed by atoms with van der Waals surface area (Å²) in [6.07, 6.45) is 3.35. The Morgan fingerprint density at radius 1 is 0.925 bits per heavy atom. The van der Waals surface area contributed by atoms with Gasteiger partial charge in [0.05, 0.1) is 43.1 Å². The predicted octanol–water partition coefficient (Wildman–Crippen LogP) is 4.37. The number of nitrogens with zero attached hydrogens (tertiary/aromatic N) is 2. The molecule has 4 aromatic rings. The molecule has 8 nitrogen and oxygen atoms in total. The lowest BCUT2D eigenvalue weighted by atomic mass is 9.97. The average molecular weight is 559 g/mol. The molecule has 40 heavy (non-hydrogen) atoms. The second kappa shape index (κ2) is 11.8. The molecule has 206 valence electrons. The lowest BCUT2D eigenvalue weighted by molar-refractivity contribution is -0.136. The Morgan fingerprint density at radius 3 is 2.33 bits per heavy atom. The van der Waals surface area contributed by atoms with Crippen molar-refractivity contribution in [3.63, 3.8) is 0 Å². The fraction of sp³-hybridized carbons (Fsp3) is 0.258. The van der Waals surface area contributed by atoms with Crippen LogP contribution < -0.4 is 29.1 Å². The second-order valence-corrected chi connectivity index (χ2v) is 9.89. The van der Waals surface area contributed by atoms with Gasteiger partial charge in [0.15, 0.2) is 16.3 Å². The van der Waals surface area contributed by atoms with Crippen LogP contribution in [0, 0.1) is 0 Å². The Morgan fingerprint density at radius 2 is 1.60 bits per heavy atom. The molecule has 0 N–H and O–H groups in total. The molecule has 0 spiro atoms. The van der Waals surface area contributed by atoms with Crippen LogP contribution in [-0.4, -0.2) is 37.5 Å². The van der Waals surface area contributed by atoms with Gasteiger partial charge >= 0.3 is 5.97 Å². The van der Waals surface area contributed by atoms with Crippen molar-refractivity contribution >= 4 is 34.2 Å². The first-order chi connectivity index (χ1) is 19.5. The molecule has 1 atom stereocenters. The van der Waals surface area contributed by atoms with E-state index in [-0.39, 0.29) is 11.1 Å². The molecule has 1 aromatic heterocycles. The smallest absolute Gasteiger partial charge is 0.337 e. The Balaban J connectivity index is 1.69. The number of hydrogen-bond acceptors (Lipinski definition) is 8. The first-order valence-corrected chi connectivity index (χ1v) is 14.0. The van der Waals surface area contributed by atoms with Crippen LogP contribution in [-0.2, 0) is 9.53 Å². The van der Waals surface area contributed by atoms with E-state index in [1.54, 1.807) is 16.7 Å². The van der Waals surface area contributed by atoms with Crippen molar-refractivity contribution < 1.29 is 23.7 Å². The number of thiazole rings is 1. The summed E-state index contributed by atoms with van der Waals surface area (Å²) >= 11 is 1.27. The van der Waals surface area contributed by atoms with Gasteiger partial charge in [-0.1, -0.05) is 47.7 Å². The van der Waals surface area contributed by atoms with E-state index in [9.17, 15) is 9.59 Å². The zero-order chi connectivity index (χ0) is 28.2. The summed E-state index contributed by atoms with van der Waals surface area (Å²) in [7, 11) is 1.31. The summed E-state index contributed by atoms with van der Waals surface area (Å²) in [5.41, 5.74) is 1.55. The highest BCUT2D eigenvalue weighted by molar-refractivity contribution is 7.07. The van der Waals surface area contributed by atoms with Crippen LogP contribution in [0.25, 0.3) is 16.8 Å². The summed E-state index contributed by atoms with van der Waals surface area (Å²) < 4.78 is 24.5. The van der Waals surface area contributed by atoms with Crippen LogP contribution in [0.2, 0.25) is 0 Å². The van der Waals surface area contributed by atoms with Crippen molar-refractivity contribution in [1.82, 2.24) is 4.57 Å². The Bertz CT molecular complexity index is 1790. The highest BCUT2D eigenvalue weighted by atomic mass is 32.1. The van der Waals surface area contributed by atoms with E-state index >= 15 is 0 Å². The zero-order valence-corrected chi connectivity index (χ0v) is 23.6. The van der Waals surface area contributed by atoms with Crippen LogP contribution in [0.3, 0.4) is 0 Å². The predicted molar refractivity (Wildman–Crippen MR) is 155 cm³/mol. The van der Waals surface area contributed by atoms with Gasteiger partial charge in [0.25, 0.3) is 5.56 Å². The van der Waals surface area contributed by atoms with Crippen molar-refractivity contribution in [2.24, 2.45) is 4.99 Å². The standard InChI is InChI=1S/C31H30N2O6S/c1-5-37-24-14-12-19(21-10-8-9-11-22(21)24)17-27-29(34)33-28(23(30(35)36-4)18-32-31(33)40-27)20-13-15-25(38-6-2)26(16-20)39-7-3/h8-18,28H,5-7H2,1-4H3/b27-17-/t28-/m1/s1. The van der Waals surface area contributed by atoms with E-state index < -0.39 is 12.0 Å². The van der Waals surface area contributed by atoms with Gasteiger partial charge < -0.3 is 18.9 Å². The van der Waals surface area contributed by atoms with Crippen molar-refractivity contribution in [3.05, 3.63) is 97.2 Å². The molecule has 0 amide bonds. The normalized spacial score (nSPS) is 14.8. The summed E-state index contributed by atoms with van der Waals surface area (Å²) in [5, 5.41) is 1.94. The number of benzene rings is 3. The molecule has 0 unspecified atom stereocenters. The molecule has 0 bridgehead atoms. The minimum atomic E-state index is -0.752. The summed E-state index contributed by atoms with van der Waals surface area (Å²) in [6.45, 7) is 7.19. The maximum atomic E-state index is 14.0. The number of ether oxygens (including phenoxy) is 4. The average Bonchev–Trinajstić information content (AvgIpc) is 3.29. The molecule has 2 heterocycles. The van der Waals surface area contributed by atoms with E-state index in [2.05, 4.69) is 4.99 Å². The van der Waals surface area contributed by atoms with E-state index in [1.807, 2.05) is 69.3 Å². The second-order valence-electron chi connectivity index (χ2n) is 8.88. The first-order valence-electron chi connectivity index (χ1n) is 13.1. The van der Waals surface area contributed by atoms with Gasteiger partial charge in [-0.15, -0.1) is 0 Å². The third kappa shape index (κ3) is 5.00. The summed E-state index contributed by atoms with van der Waals surface area (Å²) in [6, 6.07) is 16.5. The maximum Gasteiger partial charge on any atom is 0.337 e. The number of methoxy groups -OCH3 is 1. The Kier molecular flexibility index (Phi) is 8.02. The summed E-state index contributed by atoms with van der Waals surface area (Å²) in [4.78, 5) is 31.8. The molecule has 0 saturated carbocycles. The molecule has 0 radical (unpaired) electrons. The molecular weight excluding hydrogens is 528 g/mol. The van der Waals surface area contributed by atoms with Gasteiger partial charge in [-0.25, -0.2) is 9.79 Å². The number of carbonyl (C=O) groups is 1. The lowest BCUT2D eigenvalue weighted by Gasteiger charge is -2.23. The van der Waals surface area contributed by atoms with Crippen LogP contribution in [0.5, 0.6) is 17.2 Å². The number of hydrogen-bond donors (Lipinski definition) is 0. The number of esters is 1. The minimum absolute atomic E-state index is 0.250. The highest BCUT2D eigenvalue weighted by Crippen LogP contribution is 2.35. The van der Waals surface area contributed by atoms with Crippen molar-refractivity contribution in [3.8, 4) is 17.2 Å². The van der Waals surface area contributed by atoms with Gasteiger partial charge in [-0.3, -0.25) is 9.36 Å². The highest BCUT2D eigenvalue weighted by Gasteiger charge is 2.31. The zero-order valence-electron chi connectivity index (χ0n) is 22.8. The van der Waals surface area contributed by atoms with Crippen LogP contribution >= 0.6 is 11.3 Å². The van der Waals surface area contributed by atoms with Crippen LogP contribution in [0.4, 0.5) is 0 Å². The third-order valence-electron chi connectivity index (χ3n) is 6.51. The fourth-order valence-corrected chi connectivity index (χ4v) is 5.79. The van der Waals surface area contributed by atoms with Crippen LogP contribution in [0.1, 0.15) is 37.9 Å². The number of aromatic nitrogens is 1. The summed E-state index contributed by atoms with van der Waals surface area (Å²) in [5.74, 6) is 1.35. The molecule has 0 fully saturated rings. The SMILES string of the molecule is CCOc1ccc([C@@H]2C(C(=O)OC)=CN=c3s/c(=C\c4ccc(OCC)c5ccccc45)c(=O)n32)cc1OCC. The third-order valence-corrected chi connectivity index (χ3v) is 7.51. The maximum absolute atomic E-state index is 14.0. The molecule has 5 rings (SSSR count). The van der Waals surface area contributed by atoms with E-state index in [4.69, 9.17) is 18.9 Å². The Hall–Kier alpha value is -4.37. The molecule has 0 aliphatic carbocycles. The lowest BCUT2D eigenvalue weighted by Crippen LogP contribution is -2.39. The number of rotatable bonds is 9. The van der Waals surface area contributed by atoms with Crippen molar-refractivity contribution in [1.29, 1.82) is 0 Å². The largest absolute Gasteiger partial charge is 0.493 e.